The van der Waals surface area contributed by atoms with Crippen LogP contribution >= 0.6 is 12.2 Å². The quantitative estimate of drug-likeness (QED) is 0.869. The lowest BCUT2D eigenvalue weighted by molar-refractivity contribution is 0.138. The zero-order chi connectivity index (χ0) is 13.7. The van der Waals surface area contributed by atoms with Crippen LogP contribution < -0.4 is 5.32 Å². The van der Waals surface area contributed by atoms with E-state index in [1.165, 1.54) is 4.68 Å². The van der Waals surface area contributed by atoms with Crippen molar-refractivity contribution in [2.45, 2.75) is 13.2 Å². The van der Waals surface area contributed by atoms with Gasteiger partial charge in [0.1, 0.15) is 6.61 Å². The molecule has 100 valence electrons. The van der Waals surface area contributed by atoms with Crippen LogP contribution in [0, 0.1) is 4.84 Å². The molecule has 6 nitrogen and oxygen atoms in total. The number of ether oxygens (including phenoxy) is 1. The summed E-state index contributed by atoms with van der Waals surface area (Å²) < 4.78 is 11.6. The Balaban J connectivity index is 1.77. The Hall–Kier alpha value is -2.15. The smallest absolute Gasteiger partial charge is 0.407 e. The lowest BCUT2D eigenvalue weighted by Gasteiger charge is -2.05. The summed E-state index contributed by atoms with van der Waals surface area (Å²) in [6, 6.07) is 9.43. The van der Waals surface area contributed by atoms with Crippen LogP contribution in [0.1, 0.15) is 11.5 Å². The Kier molecular flexibility index (Phi) is 4.30. The summed E-state index contributed by atoms with van der Waals surface area (Å²) in [5.74, 6) is 0.337. The van der Waals surface area contributed by atoms with Crippen molar-refractivity contribution >= 4 is 18.3 Å². The number of hydrogen-bond acceptors (Lipinski definition) is 5. The topological polar surface area (TPSA) is 69.3 Å². The van der Waals surface area contributed by atoms with E-state index in [0.717, 1.165) is 5.56 Å². The molecular weight excluding hydrogens is 266 g/mol. The molecule has 7 heteroatoms. The van der Waals surface area contributed by atoms with Gasteiger partial charge in [0.05, 0.1) is 6.54 Å². The van der Waals surface area contributed by atoms with Gasteiger partial charge in [-0.3, -0.25) is 0 Å². The SMILES string of the molecule is Cn1nc(CNC(=O)OCc2ccccc2)oc1=S. The first-order valence-corrected chi connectivity index (χ1v) is 6.03. The summed E-state index contributed by atoms with van der Waals surface area (Å²) in [6.45, 7) is 0.358. The zero-order valence-corrected chi connectivity index (χ0v) is 11.1. The average Bonchev–Trinajstić information content (AvgIpc) is 2.74. The second kappa shape index (κ2) is 6.14. The summed E-state index contributed by atoms with van der Waals surface area (Å²) in [4.78, 5) is 11.7. The molecule has 0 aliphatic heterocycles. The third kappa shape index (κ3) is 3.92. The Morgan fingerprint density at radius 2 is 2.21 bits per heavy atom. The molecule has 0 saturated carbocycles. The highest BCUT2D eigenvalue weighted by molar-refractivity contribution is 7.71. The summed E-state index contributed by atoms with van der Waals surface area (Å²) in [5, 5.41) is 6.51. The summed E-state index contributed by atoms with van der Waals surface area (Å²) >= 11 is 4.86. The lowest BCUT2D eigenvalue weighted by Crippen LogP contribution is -2.23. The van der Waals surface area contributed by atoms with Crippen LogP contribution in [0.5, 0.6) is 0 Å². The fraction of sp³-hybridized carbons (Fsp3) is 0.250. The fourth-order valence-corrected chi connectivity index (χ4v) is 1.53. The van der Waals surface area contributed by atoms with Crippen LogP contribution in [0.2, 0.25) is 0 Å². The third-order valence-electron chi connectivity index (χ3n) is 2.33. The molecule has 0 unspecified atom stereocenters. The van der Waals surface area contributed by atoms with Gasteiger partial charge in [0.2, 0.25) is 5.89 Å². The molecule has 0 aliphatic carbocycles. The largest absolute Gasteiger partial charge is 0.445 e. The van der Waals surface area contributed by atoms with E-state index in [1.807, 2.05) is 30.3 Å². The zero-order valence-electron chi connectivity index (χ0n) is 10.3. The van der Waals surface area contributed by atoms with Crippen molar-refractivity contribution in [1.29, 1.82) is 0 Å². The van der Waals surface area contributed by atoms with Crippen LogP contribution in [-0.2, 0) is 24.9 Å². The number of rotatable bonds is 4. The van der Waals surface area contributed by atoms with Crippen LogP contribution in [-0.4, -0.2) is 15.9 Å². The van der Waals surface area contributed by atoms with Gasteiger partial charge in [-0.1, -0.05) is 30.3 Å². The fourth-order valence-electron chi connectivity index (χ4n) is 1.39. The van der Waals surface area contributed by atoms with Gasteiger partial charge in [0.15, 0.2) is 0 Å². The number of alkyl carbamates (subject to hydrolysis) is 1. The van der Waals surface area contributed by atoms with Gasteiger partial charge in [-0.15, -0.1) is 5.10 Å². The van der Waals surface area contributed by atoms with Gasteiger partial charge in [0.25, 0.3) is 4.84 Å². The van der Waals surface area contributed by atoms with E-state index in [9.17, 15) is 4.79 Å². The van der Waals surface area contributed by atoms with Gasteiger partial charge in [-0.2, -0.15) is 0 Å². The number of aromatic nitrogens is 2. The third-order valence-corrected chi connectivity index (χ3v) is 2.68. The summed E-state index contributed by atoms with van der Waals surface area (Å²) in [5.41, 5.74) is 0.924. The monoisotopic (exact) mass is 279 g/mol. The minimum atomic E-state index is -0.532. The number of amides is 1. The minimum Gasteiger partial charge on any atom is -0.445 e. The highest BCUT2D eigenvalue weighted by atomic mass is 32.1. The standard InChI is InChI=1S/C12H13N3O3S/c1-15-12(19)18-10(14-15)7-13-11(16)17-8-9-5-3-2-4-6-9/h2-6H,7-8H2,1H3,(H,13,16). The molecule has 1 heterocycles. The number of carbonyl (C=O) groups is 1. The van der Waals surface area contributed by atoms with E-state index in [4.69, 9.17) is 21.4 Å². The Morgan fingerprint density at radius 3 is 2.84 bits per heavy atom. The normalized spacial score (nSPS) is 10.2. The molecule has 2 aromatic rings. The minimum absolute atomic E-state index is 0.137. The van der Waals surface area contributed by atoms with Gasteiger partial charge >= 0.3 is 6.09 Å². The maximum absolute atomic E-state index is 11.4. The molecule has 2 rings (SSSR count). The number of hydrogen-bond donors (Lipinski definition) is 1. The molecule has 0 aliphatic rings. The first-order valence-electron chi connectivity index (χ1n) is 5.63. The van der Waals surface area contributed by atoms with Crippen molar-refractivity contribution in [2.75, 3.05) is 0 Å². The summed E-state index contributed by atoms with van der Waals surface area (Å²) in [6.07, 6.45) is -0.532. The molecule has 0 fully saturated rings. The van der Waals surface area contributed by atoms with Gasteiger partial charge in [0, 0.05) is 7.05 Å². The van der Waals surface area contributed by atoms with Crippen molar-refractivity contribution in [3.05, 3.63) is 46.6 Å². The predicted octanol–water partition coefficient (Wildman–Crippen LogP) is 2.17. The van der Waals surface area contributed by atoms with E-state index in [1.54, 1.807) is 7.05 Å². The molecule has 1 aromatic heterocycles. The molecule has 1 amide bonds. The van der Waals surface area contributed by atoms with Gasteiger partial charge in [-0.25, -0.2) is 9.48 Å². The van der Waals surface area contributed by atoms with Crippen LogP contribution in [0.15, 0.2) is 34.7 Å². The van der Waals surface area contributed by atoms with Crippen molar-refractivity contribution in [3.63, 3.8) is 0 Å². The molecule has 0 radical (unpaired) electrons. The van der Waals surface area contributed by atoms with Crippen LogP contribution in [0.3, 0.4) is 0 Å². The van der Waals surface area contributed by atoms with E-state index >= 15 is 0 Å². The van der Waals surface area contributed by atoms with Crippen molar-refractivity contribution in [1.82, 2.24) is 15.1 Å². The van der Waals surface area contributed by atoms with E-state index in [-0.39, 0.29) is 18.0 Å². The first kappa shape index (κ1) is 13.3. The van der Waals surface area contributed by atoms with E-state index < -0.39 is 6.09 Å². The number of aryl methyl sites for hydroxylation is 1. The second-order valence-electron chi connectivity index (χ2n) is 3.80. The summed E-state index contributed by atoms with van der Waals surface area (Å²) in [7, 11) is 1.67. The van der Waals surface area contributed by atoms with E-state index in [0.29, 0.717) is 5.89 Å². The molecule has 1 N–H and O–H groups in total. The molecule has 0 saturated heterocycles. The number of nitrogens with one attached hydrogen (secondary N) is 1. The number of nitrogens with zero attached hydrogens (tertiary/aromatic N) is 2. The molecule has 0 atom stereocenters. The van der Waals surface area contributed by atoms with Crippen LogP contribution in [0.4, 0.5) is 4.79 Å². The first-order chi connectivity index (χ1) is 9.15. The predicted molar refractivity (Wildman–Crippen MR) is 69.8 cm³/mol. The number of benzene rings is 1. The van der Waals surface area contributed by atoms with Crippen molar-refractivity contribution in [3.8, 4) is 0 Å². The van der Waals surface area contributed by atoms with Crippen molar-refractivity contribution < 1.29 is 13.9 Å². The Labute approximate surface area is 115 Å². The molecular formula is C12H13N3O3S. The van der Waals surface area contributed by atoms with Gasteiger partial charge in [-0.05, 0) is 17.8 Å². The molecule has 1 aromatic carbocycles. The highest BCUT2D eigenvalue weighted by Crippen LogP contribution is 2.01. The molecule has 0 bridgehead atoms. The maximum Gasteiger partial charge on any atom is 0.407 e. The molecule has 0 spiro atoms. The van der Waals surface area contributed by atoms with Gasteiger partial charge < -0.3 is 14.5 Å². The average molecular weight is 279 g/mol. The van der Waals surface area contributed by atoms with Crippen LogP contribution in [0.25, 0.3) is 0 Å². The lowest BCUT2D eigenvalue weighted by atomic mass is 10.2. The van der Waals surface area contributed by atoms with Crippen molar-refractivity contribution in [2.24, 2.45) is 7.05 Å². The highest BCUT2D eigenvalue weighted by Gasteiger charge is 2.06. The number of carbonyl (C=O) groups excluding carboxylic acids is 1. The maximum atomic E-state index is 11.4. The second-order valence-corrected chi connectivity index (χ2v) is 4.15. The molecule has 19 heavy (non-hydrogen) atoms. The van der Waals surface area contributed by atoms with E-state index in [2.05, 4.69) is 10.4 Å². The Bertz CT molecular complexity index is 606. The Morgan fingerprint density at radius 1 is 1.47 bits per heavy atom.